The Morgan fingerprint density at radius 2 is 2.00 bits per heavy atom. The summed E-state index contributed by atoms with van der Waals surface area (Å²) in [4.78, 5) is 13.9. The highest BCUT2D eigenvalue weighted by Gasteiger charge is 2.56. The molecule has 3 rings (SSSR count). The first-order valence-corrected chi connectivity index (χ1v) is 9.00. The zero-order valence-corrected chi connectivity index (χ0v) is 15.8. The first kappa shape index (κ1) is 16.8. The molecule has 1 amide bonds. The van der Waals surface area contributed by atoms with Crippen LogP contribution in [0, 0.1) is 18.8 Å². The highest BCUT2D eigenvalue weighted by atomic mass is 79.9. The fraction of sp³-hybridized carbons (Fsp3) is 0.611. The van der Waals surface area contributed by atoms with Gasteiger partial charge in [-0.1, -0.05) is 28.1 Å². The Bertz CT molecular complexity index is 600. The van der Waals surface area contributed by atoms with E-state index in [0.717, 1.165) is 24.1 Å². The SMILES string of the molecule is Cc1cc(CNC2C3CN(C(=O)OC(C)(C)C)CC32)ccc1Br. The number of hydrogen-bond donors (Lipinski definition) is 1. The highest BCUT2D eigenvalue weighted by molar-refractivity contribution is 9.10. The molecule has 1 aliphatic heterocycles. The van der Waals surface area contributed by atoms with E-state index >= 15 is 0 Å². The van der Waals surface area contributed by atoms with E-state index in [2.05, 4.69) is 46.4 Å². The molecule has 2 aliphatic rings. The van der Waals surface area contributed by atoms with Crippen LogP contribution in [0.5, 0.6) is 0 Å². The molecule has 2 atom stereocenters. The first-order chi connectivity index (χ1) is 10.7. The third-order valence-corrected chi connectivity index (χ3v) is 5.50. The van der Waals surface area contributed by atoms with Crippen LogP contribution in [0.4, 0.5) is 4.79 Å². The predicted octanol–water partition coefficient (Wildman–Crippen LogP) is 3.71. The Kier molecular flexibility index (Phi) is 4.45. The normalized spacial score (nSPS) is 26.1. The van der Waals surface area contributed by atoms with Gasteiger partial charge in [0.25, 0.3) is 0 Å². The largest absolute Gasteiger partial charge is 0.444 e. The van der Waals surface area contributed by atoms with Gasteiger partial charge in [-0.3, -0.25) is 0 Å². The number of nitrogens with one attached hydrogen (secondary N) is 1. The number of halogens is 1. The van der Waals surface area contributed by atoms with Crippen molar-refractivity contribution in [1.82, 2.24) is 10.2 Å². The van der Waals surface area contributed by atoms with Gasteiger partial charge in [0.1, 0.15) is 5.60 Å². The van der Waals surface area contributed by atoms with Crippen molar-refractivity contribution in [2.24, 2.45) is 11.8 Å². The highest BCUT2D eigenvalue weighted by Crippen LogP contribution is 2.45. The van der Waals surface area contributed by atoms with Crippen molar-refractivity contribution >= 4 is 22.0 Å². The average molecular weight is 381 g/mol. The molecule has 0 spiro atoms. The zero-order chi connectivity index (χ0) is 16.8. The van der Waals surface area contributed by atoms with Gasteiger partial charge in [-0.25, -0.2) is 4.79 Å². The number of fused-ring (bicyclic) bond motifs is 1. The van der Waals surface area contributed by atoms with Crippen molar-refractivity contribution in [2.45, 2.75) is 45.9 Å². The third kappa shape index (κ3) is 3.89. The molecule has 0 aromatic heterocycles. The summed E-state index contributed by atoms with van der Waals surface area (Å²) in [5, 5.41) is 3.64. The van der Waals surface area contributed by atoms with Crippen LogP contribution in [0.3, 0.4) is 0 Å². The van der Waals surface area contributed by atoms with Crippen LogP contribution in [-0.4, -0.2) is 35.7 Å². The van der Waals surface area contributed by atoms with Crippen LogP contribution in [0.15, 0.2) is 22.7 Å². The molecular weight excluding hydrogens is 356 g/mol. The lowest BCUT2D eigenvalue weighted by Crippen LogP contribution is -2.39. The first-order valence-electron chi connectivity index (χ1n) is 8.21. The molecule has 1 heterocycles. The van der Waals surface area contributed by atoms with Crippen molar-refractivity contribution in [3.8, 4) is 0 Å². The second-order valence-corrected chi connectivity index (χ2v) is 8.56. The van der Waals surface area contributed by atoms with Gasteiger partial charge < -0.3 is 15.0 Å². The van der Waals surface area contributed by atoms with Crippen LogP contribution in [-0.2, 0) is 11.3 Å². The van der Waals surface area contributed by atoms with E-state index in [0.29, 0.717) is 17.9 Å². The summed E-state index contributed by atoms with van der Waals surface area (Å²) in [6.45, 7) is 10.4. The molecule has 1 aromatic rings. The summed E-state index contributed by atoms with van der Waals surface area (Å²) in [6, 6.07) is 7.00. The number of ether oxygens (including phenoxy) is 1. The second kappa shape index (κ2) is 6.10. The molecule has 0 bridgehead atoms. The fourth-order valence-corrected chi connectivity index (χ4v) is 3.60. The molecule has 1 N–H and O–H groups in total. The number of amides is 1. The number of aryl methyl sites for hydroxylation is 1. The number of carbonyl (C=O) groups is 1. The lowest BCUT2D eigenvalue weighted by molar-refractivity contribution is 0.0269. The Morgan fingerprint density at radius 1 is 1.35 bits per heavy atom. The average Bonchev–Trinajstić information content (AvgIpc) is 2.89. The summed E-state index contributed by atoms with van der Waals surface area (Å²) >= 11 is 3.53. The number of hydrogen-bond acceptors (Lipinski definition) is 3. The van der Waals surface area contributed by atoms with Gasteiger partial charge in [-0.15, -0.1) is 0 Å². The van der Waals surface area contributed by atoms with Crippen LogP contribution < -0.4 is 5.32 Å². The molecule has 23 heavy (non-hydrogen) atoms. The lowest BCUT2D eigenvalue weighted by Gasteiger charge is -2.26. The number of nitrogens with zero attached hydrogens (tertiary/aromatic N) is 1. The maximum atomic E-state index is 12.1. The summed E-state index contributed by atoms with van der Waals surface area (Å²) in [5.41, 5.74) is 2.15. The third-order valence-electron chi connectivity index (χ3n) is 4.61. The molecule has 0 radical (unpaired) electrons. The van der Waals surface area contributed by atoms with Gasteiger partial charge in [-0.2, -0.15) is 0 Å². The predicted molar refractivity (Wildman–Crippen MR) is 94.3 cm³/mol. The van der Waals surface area contributed by atoms with Crippen LogP contribution in [0.2, 0.25) is 0 Å². The van der Waals surface area contributed by atoms with E-state index in [1.807, 2.05) is 25.7 Å². The Balaban J connectivity index is 1.45. The van der Waals surface area contributed by atoms with Crippen molar-refractivity contribution in [3.05, 3.63) is 33.8 Å². The van der Waals surface area contributed by atoms with E-state index in [9.17, 15) is 4.79 Å². The van der Waals surface area contributed by atoms with Crippen molar-refractivity contribution in [2.75, 3.05) is 13.1 Å². The molecule has 126 valence electrons. The van der Waals surface area contributed by atoms with Crippen molar-refractivity contribution < 1.29 is 9.53 Å². The summed E-state index contributed by atoms with van der Waals surface area (Å²) in [7, 11) is 0. The smallest absolute Gasteiger partial charge is 0.410 e. The molecule has 1 aromatic carbocycles. The number of benzene rings is 1. The van der Waals surface area contributed by atoms with E-state index < -0.39 is 5.60 Å². The van der Waals surface area contributed by atoms with Crippen molar-refractivity contribution in [1.29, 1.82) is 0 Å². The molecule has 4 nitrogen and oxygen atoms in total. The molecule has 1 saturated heterocycles. The minimum absolute atomic E-state index is 0.174. The minimum atomic E-state index is -0.416. The van der Waals surface area contributed by atoms with Gasteiger partial charge in [0, 0.05) is 30.1 Å². The van der Waals surface area contributed by atoms with Gasteiger partial charge >= 0.3 is 6.09 Å². The van der Waals surface area contributed by atoms with Crippen LogP contribution in [0.25, 0.3) is 0 Å². The van der Waals surface area contributed by atoms with E-state index in [1.54, 1.807) is 0 Å². The summed E-state index contributed by atoms with van der Waals surface area (Å²) < 4.78 is 6.59. The van der Waals surface area contributed by atoms with Gasteiger partial charge in [0.15, 0.2) is 0 Å². The molecule has 5 heteroatoms. The number of rotatable bonds is 3. The minimum Gasteiger partial charge on any atom is -0.444 e. The zero-order valence-electron chi connectivity index (χ0n) is 14.2. The number of carbonyl (C=O) groups excluding carboxylic acids is 1. The molecule has 2 fully saturated rings. The molecule has 2 unspecified atom stereocenters. The molecular formula is C18H25BrN2O2. The summed E-state index contributed by atoms with van der Waals surface area (Å²) in [5.74, 6) is 1.16. The summed E-state index contributed by atoms with van der Waals surface area (Å²) in [6.07, 6.45) is -0.174. The van der Waals surface area contributed by atoms with E-state index in [-0.39, 0.29) is 6.09 Å². The van der Waals surface area contributed by atoms with Crippen LogP contribution >= 0.6 is 15.9 Å². The van der Waals surface area contributed by atoms with Gasteiger partial charge in [-0.05, 0) is 56.7 Å². The Morgan fingerprint density at radius 3 is 2.57 bits per heavy atom. The quantitative estimate of drug-likeness (QED) is 0.868. The Hall–Kier alpha value is -1.07. The maximum absolute atomic E-state index is 12.1. The van der Waals surface area contributed by atoms with E-state index in [1.165, 1.54) is 11.1 Å². The lowest BCUT2D eigenvalue weighted by atomic mass is 10.1. The Labute approximate surface area is 146 Å². The maximum Gasteiger partial charge on any atom is 0.410 e. The second-order valence-electron chi connectivity index (χ2n) is 7.70. The van der Waals surface area contributed by atoms with Gasteiger partial charge in [0.2, 0.25) is 0 Å². The molecule has 1 aliphatic carbocycles. The standard InChI is InChI=1S/C18H25BrN2O2/c1-11-7-12(5-6-15(11)19)8-20-16-13-9-21(10-14(13)16)17(22)23-18(2,3)4/h5-7,13-14,16,20H,8-10H2,1-4H3. The number of likely N-dealkylation sites (tertiary alicyclic amines) is 1. The fourth-order valence-electron chi connectivity index (χ4n) is 3.36. The molecule has 1 saturated carbocycles. The van der Waals surface area contributed by atoms with Crippen molar-refractivity contribution in [3.63, 3.8) is 0 Å². The van der Waals surface area contributed by atoms with E-state index in [4.69, 9.17) is 4.74 Å². The van der Waals surface area contributed by atoms with Crippen LogP contribution in [0.1, 0.15) is 31.9 Å². The van der Waals surface area contributed by atoms with Gasteiger partial charge in [0.05, 0.1) is 0 Å². The number of piperidine rings is 1. The monoisotopic (exact) mass is 380 g/mol. The topological polar surface area (TPSA) is 41.6 Å².